The van der Waals surface area contributed by atoms with Crippen LogP contribution in [0.4, 0.5) is 0 Å². The van der Waals surface area contributed by atoms with Crippen molar-refractivity contribution in [1.29, 1.82) is 0 Å². The van der Waals surface area contributed by atoms with Crippen LogP contribution in [0, 0.1) is 0 Å². The van der Waals surface area contributed by atoms with Crippen molar-refractivity contribution in [2.75, 3.05) is 26.2 Å². The van der Waals surface area contributed by atoms with E-state index in [1.54, 1.807) is 0 Å². The molecule has 1 saturated heterocycles. The van der Waals surface area contributed by atoms with Crippen LogP contribution in [0.15, 0.2) is 12.7 Å². The number of carbonyl (C=O) groups excluding carboxylic acids is 1. The van der Waals surface area contributed by atoms with Crippen molar-refractivity contribution in [1.82, 2.24) is 10.2 Å². The lowest BCUT2D eigenvalue weighted by atomic mass is 10.3. The van der Waals surface area contributed by atoms with Crippen LogP contribution in [0.25, 0.3) is 0 Å². The molecule has 0 aromatic rings. The second kappa shape index (κ2) is 6.60. The van der Waals surface area contributed by atoms with Crippen molar-refractivity contribution in [3.8, 4) is 0 Å². The molecule has 1 N–H and O–H groups in total. The Bertz CT molecular complexity index is 186. The summed E-state index contributed by atoms with van der Waals surface area (Å²) in [6.45, 7) is 7.58. The minimum atomic E-state index is 0.166. The summed E-state index contributed by atoms with van der Waals surface area (Å²) in [7, 11) is 0. The molecular formula is C11H20N2O. The molecule has 1 amide bonds. The fourth-order valence-electron chi connectivity index (χ4n) is 1.67. The van der Waals surface area contributed by atoms with Gasteiger partial charge in [-0.15, -0.1) is 6.58 Å². The summed E-state index contributed by atoms with van der Waals surface area (Å²) in [6.07, 6.45) is 5.89. The normalized spacial score (nSPS) is 16.9. The van der Waals surface area contributed by atoms with Crippen LogP contribution in [0.2, 0.25) is 0 Å². The maximum atomic E-state index is 11.3. The first kappa shape index (κ1) is 11.2. The average Bonchev–Trinajstić information content (AvgIpc) is 2.68. The van der Waals surface area contributed by atoms with Gasteiger partial charge in [0.15, 0.2) is 0 Å². The van der Waals surface area contributed by atoms with Gasteiger partial charge >= 0.3 is 0 Å². The minimum Gasteiger partial charge on any atom is -0.356 e. The first-order chi connectivity index (χ1) is 6.83. The number of hydrogen-bond donors (Lipinski definition) is 1. The quantitative estimate of drug-likeness (QED) is 0.511. The van der Waals surface area contributed by atoms with Crippen LogP contribution in [0.5, 0.6) is 0 Å². The molecule has 0 saturated carbocycles. The number of rotatable bonds is 6. The molecule has 0 bridgehead atoms. The van der Waals surface area contributed by atoms with E-state index in [0.29, 0.717) is 6.42 Å². The topological polar surface area (TPSA) is 32.3 Å². The summed E-state index contributed by atoms with van der Waals surface area (Å²) in [5, 5.41) is 2.87. The number of nitrogens with one attached hydrogen (secondary N) is 1. The van der Waals surface area contributed by atoms with Gasteiger partial charge in [-0.05, 0) is 32.4 Å². The third kappa shape index (κ3) is 4.42. The van der Waals surface area contributed by atoms with Crippen molar-refractivity contribution in [2.45, 2.75) is 25.7 Å². The van der Waals surface area contributed by atoms with E-state index in [-0.39, 0.29) is 5.91 Å². The molecule has 1 rings (SSSR count). The van der Waals surface area contributed by atoms with Gasteiger partial charge in [0.05, 0.1) is 0 Å². The fraction of sp³-hybridized carbons (Fsp3) is 0.727. The van der Waals surface area contributed by atoms with E-state index in [1.165, 1.54) is 25.9 Å². The zero-order valence-corrected chi connectivity index (χ0v) is 8.80. The molecule has 0 aromatic carbocycles. The second-order valence-corrected chi connectivity index (χ2v) is 3.73. The van der Waals surface area contributed by atoms with E-state index in [9.17, 15) is 4.79 Å². The zero-order valence-electron chi connectivity index (χ0n) is 8.80. The van der Waals surface area contributed by atoms with Crippen molar-refractivity contribution < 1.29 is 4.79 Å². The predicted octanol–water partition coefficient (Wildman–Crippen LogP) is 1.16. The molecule has 14 heavy (non-hydrogen) atoms. The van der Waals surface area contributed by atoms with E-state index in [2.05, 4.69) is 16.8 Å². The molecule has 80 valence electrons. The molecule has 1 aliphatic heterocycles. The Morgan fingerprint density at radius 3 is 2.79 bits per heavy atom. The number of carbonyl (C=O) groups is 1. The monoisotopic (exact) mass is 196 g/mol. The van der Waals surface area contributed by atoms with Gasteiger partial charge in [0.2, 0.25) is 5.91 Å². The second-order valence-electron chi connectivity index (χ2n) is 3.73. The summed E-state index contributed by atoms with van der Waals surface area (Å²) in [4.78, 5) is 13.7. The predicted molar refractivity (Wildman–Crippen MR) is 58.1 cm³/mol. The van der Waals surface area contributed by atoms with Gasteiger partial charge in [-0.1, -0.05) is 6.08 Å². The molecule has 1 aliphatic rings. The number of amides is 1. The van der Waals surface area contributed by atoms with Gasteiger partial charge in [-0.3, -0.25) is 4.79 Å². The van der Waals surface area contributed by atoms with E-state index >= 15 is 0 Å². The van der Waals surface area contributed by atoms with Crippen LogP contribution < -0.4 is 5.32 Å². The SMILES string of the molecule is C=CCCNC(=O)CCN1CCCC1. The van der Waals surface area contributed by atoms with Gasteiger partial charge in [-0.25, -0.2) is 0 Å². The van der Waals surface area contributed by atoms with E-state index < -0.39 is 0 Å². The molecule has 0 aliphatic carbocycles. The Labute approximate surface area is 86.2 Å². The third-order valence-corrected chi connectivity index (χ3v) is 2.52. The van der Waals surface area contributed by atoms with Gasteiger partial charge in [0.25, 0.3) is 0 Å². The standard InChI is InChI=1S/C11H20N2O/c1-2-3-7-12-11(14)6-10-13-8-4-5-9-13/h2H,1,3-10H2,(H,12,14). The first-order valence-corrected chi connectivity index (χ1v) is 5.43. The smallest absolute Gasteiger partial charge is 0.221 e. The van der Waals surface area contributed by atoms with Gasteiger partial charge in [0.1, 0.15) is 0 Å². The largest absolute Gasteiger partial charge is 0.356 e. The van der Waals surface area contributed by atoms with E-state index in [0.717, 1.165) is 19.5 Å². The fourth-order valence-corrected chi connectivity index (χ4v) is 1.67. The Balaban J connectivity index is 1.99. The van der Waals surface area contributed by atoms with E-state index in [4.69, 9.17) is 0 Å². The molecule has 1 fully saturated rings. The van der Waals surface area contributed by atoms with Crippen LogP contribution in [-0.2, 0) is 4.79 Å². The van der Waals surface area contributed by atoms with Crippen LogP contribution in [0.1, 0.15) is 25.7 Å². The molecular weight excluding hydrogens is 176 g/mol. The summed E-state index contributed by atoms with van der Waals surface area (Å²) in [5.41, 5.74) is 0. The van der Waals surface area contributed by atoms with Gasteiger partial charge < -0.3 is 10.2 Å². The lowest BCUT2D eigenvalue weighted by Crippen LogP contribution is -2.29. The molecule has 0 aromatic heterocycles. The van der Waals surface area contributed by atoms with Crippen molar-refractivity contribution in [2.24, 2.45) is 0 Å². The van der Waals surface area contributed by atoms with Crippen LogP contribution in [0.3, 0.4) is 0 Å². The maximum Gasteiger partial charge on any atom is 0.221 e. The Morgan fingerprint density at radius 2 is 2.14 bits per heavy atom. The lowest BCUT2D eigenvalue weighted by Gasteiger charge is -2.13. The Hall–Kier alpha value is -0.830. The maximum absolute atomic E-state index is 11.3. The molecule has 3 heteroatoms. The highest BCUT2D eigenvalue weighted by Gasteiger charge is 2.12. The molecule has 3 nitrogen and oxygen atoms in total. The highest BCUT2D eigenvalue weighted by molar-refractivity contribution is 5.76. The van der Waals surface area contributed by atoms with E-state index in [1.807, 2.05) is 6.08 Å². The first-order valence-electron chi connectivity index (χ1n) is 5.43. The zero-order chi connectivity index (χ0) is 10.2. The third-order valence-electron chi connectivity index (χ3n) is 2.52. The van der Waals surface area contributed by atoms with Crippen LogP contribution >= 0.6 is 0 Å². The van der Waals surface area contributed by atoms with Gasteiger partial charge in [0, 0.05) is 19.5 Å². The Kier molecular flexibility index (Phi) is 5.30. The summed E-state index contributed by atoms with van der Waals surface area (Å²) >= 11 is 0. The van der Waals surface area contributed by atoms with Crippen molar-refractivity contribution in [3.05, 3.63) is 12.7 Å². The number of likely N-dealkylation sites (tertiary alicyclic amines) is 1. The summed E-state index contributed by atoms with van der Waals surface area (Å²) in [6, 6.07) is 0. The van der Waals surface area contributed by atoms with Gasteiger partial charge in [-0.2, -0.15) is 0 Å². The summed E-state index contributed by atoms with van der Waals surface area (Å²) < 4.78 is 0. The molecule has 0 spiro atoms. The number of hydrogen-bond acceptors (Lipinski definition) is 2. The highest BCUT2D eigenvalue weighted by atomic mass is 16.1. The lowest BCUT2D eigenvalue weighted by molar-refractivity contribution is -0.121. The molecule has 1 heterocycles. The number of nitrogens with zero attached hydrogens (tertiary/aromatic N) is 1. The molecule has 0 unspecified atom stereocenters. The summed E-state index contributed by atoms with van der Waals surface area (Å²) in [5.74, 6) is 0.166. The Morgan fingerprint density at radius 1 is 1.43 bits per heavy atom. The molecule has 0 radical (unpaired) electrons. The average molecular weight is 196 g/mol. The van der Waals surface area contributed by atoms with Crippen LogP contribution in [-0.4, -0.2) is 37.0 Å². The van der Waals surface area contributed by atoms with Crippen molar-refractivity contribution in [3.63, 3.8) is 0 Å². The van der Waals surface area contributed by atoms with Crippen molar-refractivity contribution >= 4 is 5.91 Å². The molecule has 0 atom stereocenters. The minimum absolute atomic E-state index is 0.166. The highest BCUT2D eigenvalue weighted by Crippen LogP contribution is 2.06.